The number of aromatic nitrogens is 1. The summed E-state index contributed by atoms with van der Waals surface area (Å²) >= 11 is 0. The van der Waals surface area contributed by atoms with Gasteiger partial charge in [0, 0.05) is 27.3 Å². The van der Waals surface area contributed by atoms with Crippen LogP contribution in [0.2, 0.25) is 0 Å². The molecule has 0 aliphatic carbocycles. The van der Waals surface area contributed by atoms with Gasteiger partial charge in [-0.15, -0.1) is 0 Å². The number of amides is 1. The lowest BCUT2D eigenvalue weighted by Gasteiger charge is -2.33. The summed E-state index contributed by atoms with van der Waals surface area (Å²) in [4.78, 5) is 18.0. The average molecular weight is 523 g/mol. The Labute approximate surface area is 234 Å². The predicted octanol–water partition coefficient (Wildman–Crippen LogP) is 7.48. The summed E-state index contributed by atoms with van der Waals surface area (Å²) in [5, 5.41) is 3.35. The summed E-state index contributed by atoms with van der Waals surface area (Å²) < 4.78 is 14.5. The summed E-state index contributed by atoms with van der Waals surface area (Å²) in [5.74, 6) is 0. The molecule has 1 heterocycles. The fourth-order valence-corrected chi connectivity index (χ4v) is 4.64. The lowest BCUT2D eigenvalue weighted by atomic mass is 10.0. The normalized spacial score (nSPS) is 12.1. The van der Waals surface area contributed by atoms with E-state index in [0.717, 1.165) is 49.7 Å². The van der Waals surface area contributed by atoms with E-state index in [-0.39, 0.29) is 13.1 Å². The van der Waals surface area contributed by atoms with Gasteiger partial charge in [0.1, 0.15) is 6.10 Å². The van der Waals surface area contributed by atoms with Gasteiger partial charge in [-0.3, -0.25) is 4.98 Å². The highest BCUT2D eigenvalue weighted by Gasteiger charge is 2.24. The van der Waals surface area contributed by atoms with Gasteiger partial charge in [0.05, 0.1) is 6.54 Å². The fraction of sp³-hybridized carbons (Fsp3) is 0.294. The highest BCUT2D eigenvalue weighted by molar-refractivity contribution is 5.67. The molecule has 39 heavy (non-hydrogen) atoms. The third-order valence-corrected chi connectivity index (χ3v) is 6.75. The minimum atomic E-state index is -0.405. The lowest BCUT2D eigenvalue weighted by molar-refractivity contribution is -0.0340. The number of rotatable bonds is 14. The van der Waals surface area contributed by atoms with E-state index in [1.807, 2.05) is 79.0 Å². The summed E-state index contributed by atoms with van der Waals surface area (Å²) in [7, 11) is -0.0590. The van der Waals surface area contributed by atoms with Crippen molar-refractivity contribution in [3.8, 4) is 0 Å². The van der Waals surface area contributed by atoms with Gasteiger partial charge in [0.25, 0.3) is 0 Å². The van der Waals surface area contributed by atoms with Crippen LogP contribution in [0.5, 0.6) is 0 Å². The summed E-state index contributed by atoms with van der Waals surface area (Å²) in [6.07, 6.45) is 8.29. The molecule has 1 aromatic heterocycles. The zero-order chi connectivity index (χ0) is 27.8. The van der Waals surface area contributed by atoms with E-state index in [9.17, 15) is 4.79 Å². The van der Waals surface area contributed by atoms with Crippen molar-refractivity contribution in [3.63, 3.8) is 0 Å². The molecule has 0 saturated heterocycles. The second-order valence-electron chi connectivity index (χ2n) is 9.83. The molecule has 0 aliphatic heterocycles. The third kappa shape index (κ3) is 9.69. The minimum Gasteiger partial charge on any atom is -0.445 e. The van der Waals surface area contributed by atoms with Crippen LogP contribution in [-0.4, -0.2) is 34.2 Å². The summed E-state index contributed by atoms with van der Waals surface area (Å²) in [6.45, 7) is 0.795. The first-order valence-electron chi connectivity index (χ1n) is 14.4. The van der Waals surface area contributed by atoms with Crippen molar-refractivity contribution in [2.75, 3.05) is 7.02 Å². The smallest absolute Gasteiger partial charge is 0.425 e. The Morgan fingerprint density at radius 2 is 1.28 bits per heavy atom. The van der Waals surface area contributed by atoms with Crippen LogP contribution in [0.15, 0.2) is 116 Å². The molecule has 5 nitrogen and oxygen atoms in total. The zero-order valence-corrected chi connectivity index (χ0v) is 22.6. The molecule has 0 spiro atoms. The Kier molecular flexibility index (Phi) is 10.6. The van der Waals surface area contributed by atoms with E-state index < -0.39 is 6.09 Å². The van der Waals surface area contributed by atoms with Gasteiger partial charge in [-0.2, -0.15) is 0 Å². The van der Waals surface area contributed by atoms with Crippen LogP contribution in [0.25, 0.3) is 0 Å². The van der Waals surface area contributed by atoms with Crippen LogP contribution in [0, 0.1) is 0 Å². The maximum absolute atomic E-state index is 13.8. The van der Waals surface area contributed by atoms with E-state index in [4.69, 9.17) is 6.11 Å². The van der Waals surface area contributed by atoms with Gasteiger partial charge in [0.15, 0.2) is 0 Å². The number of nitrogens with zero attached hydrogens (tertiary/aromatic N) is 3. The molecule has 0 aliphatic rings. The Morgan fingerprint density at radius 1 is 0.744 bits per heavy atom. The van der Waals surface area contributed by atoms with Gasteiger partial charge in [-0.05, 0) is 66.8 Å². The fourth-order valence-electron chi connectivity index (χ4n) is 4.64. The molecular formula is C34H39N3O2. The van der Waals surface area contributed by atoms with Crippen LogP contribution in [0.4, 0.5) is 4.79 Å². The molecule has 0 fully saturated rings. The van der Waals surface area contributed by atoms with E-state index in [1.165, 1.54) is 11.1 Å². The van der Waals surface area contributed by atoms with E-state index in [1.54, 1.807) is 16.2 Å². The van der Waals surface area contributed by atoms with Crippen molar-refractivity contribution in [1.29, 1.82) is 0 Å². The molecular weight excluding hydrogens is 482 g/mol. The number of aryl methyl sites for hydroxylation is 2. The predicted molar refractivity (Wildman–Crippen MR) is 157 cm³/mol. The van der Waals surface area contributed by atoms with Gasteiger partial charge in [-0.25, -0.2) is 14.8 Å². The van der Waals surface area contributed by atoms with E-state index in [0.29, 0.717) is 13.1 Å². The van der Waals surface area contributed by atoms with Gasteiger partial charge in [-0.1, -0.05) is 97.1 Å². The average Bonchev–Trinajstić information content (AvgIpc) is 3.01. The maximum atomic E-state index is 13.8. The molecule has 0 radical (unpaired) electrons. The Bertz CT molecular complexity index is 1200. The van der Waals surface area contributed by atoms with Crippen molar-refractivity contribution in [1.82, 2.24) is 15.0 Å². The largest absolute Gasteiger partial charge is 0.445 e. The molecule has 4 aromatic rings. The molecule has 0 saturated carbocycles. The van der Waals surface area contributed by atoms with Crippen molar-refractivity contribution < 1.29 is 10.9 Å². The number of ether oxygens (including phenoxy) is 1. The molecule has 1 unspecified atom stereocenters. The molecule has 5 heteroatoms. The second kappa shape index (κ2) is 15.5. The van der Waals surface area contributed by atoms with Gasteiger partial charge < -0.3 is 4.74 Å². The first-order valence-corrected chi connectivity index (χ1v) is 13.7. The molecule has 4 rings (SSSR count). The molecule has 0 bridgehead atoms. The van der Waals surface area contributed by atoms with Crippen LogP contribution in [-0.2, 0) is 30.7 Å². The minimum absolute atomic E-state index is 0.0590. The van der Waals surface area contributed by atoms with E-state index >= 15 is 0 Å². The molecule has 0 N–H and O–H groups in total. The summed E-state index contributed by atoms with van der Waals surface area (Å²) in [6, 6.07) is 34.3. The van der Waals surface area contributed by atoms with Crippen LogP contribution >= 0.6 is 0 Å². The van der Waals surface area contributed by atoms with Crippen molar-refractivity contribution in [2.24, 2.45) is 0 Å². The number of hydrogen-bond donors (Lipinski definition) is 0. The highest BCUT2D eigenvalue weighted by atomic mass is 16.6. The van der Waals surface area contributed by atoms with Crippen LogP contribution in [0.1, 0.15) is 49.3 Å². The maximum Gasteiger partial charge on any atom is 0.425 e. The molecule has 1 amide bonds. The lowest BCUT2D eigenvalue weighted by Crippen LogP contribution is -2.44. The molecule has 1 atom stereocenters. The Balaban J connectivity index is 1.46. The molecule has 3 aromatic carbocycles. The van der Waals surface area contributed by atoms with Gasteiger partial charge >= 0.3 is 6.09 Å². The van der Waals surface area contributed by atoms with Crippen molar-refractivity contribution in [3.05, 3.63) is 138 Å². The van der Waals surface area contributed by atoms with E-state index in [2.05, 4.69) is 35.3 Å². The Morgan fingerprint density at radius 3 is 1.85 bits per heavy atom. The van der Waals surface area contributed by atoms with Crippen LogP contribution in [0.3, 0.4) is 0 Å². The number of carbonyl (C=O) groups excluding carboxylic acids is 1. The molecule has 202 valence electrons. The standard InChI is InChI=1S/C34H39N3O2/c1-36(27-31-16-7-3-8-17-31)37(28-32-18-9-4-10-19-32)34(38)39-33(23-11-20-29-14-5-2-6-15-29)24-12-21-30-22-13-25-35-26-30/h2-10,13-19,22,25-26,33H,11-12,20-21,23-24,27-28H2,1H3/i1D. The topological polar surface area (TPSA) is 45.7 Å². The van der Waals surface area contributed by atoms with Crippen molar-refractivity contribution >= 4 is 6.09 Å². The second-order valence-corrected chi connectivity index (χ2v) is 9.83. The number of pyridine rings is 1. The first kappa shape index (κ1) is 26.6. The monoisotopic (exact) mass is 522 g/mol. The van der Waals surface area contributed by atoms with Crippen LogP contribution < -0.4 is 0 Å². The number of benzene rings is 3. The third-order valence-electron chi connectivity index (χ3n) is 6.75. The Hall–Kier alpha value is -3.96. The zero-order valence-electron chi connectivity index (χ0n) is 23.6. The summed E-state index contributed by atoms with van der Waals surface area (Å²) in [5.41, 5.74) is 4.50. The first-order chi connectivity index (χ1) is 19.7. The highest BCUT2D eigenvalue weighted by Crippen LogP contribution is 2.19. The SMILES string of the molecule is [2H]CN(Cc1ccccc1)N(Cc1ccccc1)C(=O)OC(CCCc1ccccc1)CCCc1cccnc1. The number of hydrogen-bond acceptors (Lipinski definition) is 4. The van der Waals surface area contributed by atoms with Crippen molar-refractivity contribution in [2.45, 2.75) is 57.7 Å². The number of hydrazine groups is 1. The quantitative estimate of drug-likeness (QED) is 0.161. The number of carbonyl (C=O) groups is 1. The van der Waals surface area contributed by atoms with Gasteiger partial charge in [0.2, 0.25) is 0 Å².